The Labute approximate surface area is 159 Å². The van der Waals surface area contributed by atoms with Crippen LogP contribution >= 0.6 is 0 Å². The maximum Gasteiger partial charge on any atom is 0.427 e. The van der Waals surface area contributed by atoms with Gasteiger partial charge in [0.1, 0.15) is 5.60 Å². The zero-order chi connectivity index (χ0) is 20.7. The molecule has 0 amide bonds. The molecule has 0 unspecified atom stereocenters. The van der Waals surface area contributed by atoms with E-state index in [1.165, 1.54) is 12.3 Å². The molecule has 3 heterocycles. The highest BCUT2D eigenvalue weighted by Gasteiger charge is 2.50. The molecule has 7 nitrogen and oxygen atoms in total. The minimum absolute atomic E-state index is 0.127. The number of nitrogens with zero attached hydrogens (tertiary/aromatic N) is 5. The quantitative estimate of drug-likeness (QED) is 0.654. The van der Waals surface area contributed by atoms with Crippen molar-refractivity contribution in [2.75, 3.05) is 7.11 Å². The highest BCUT2D eigenvalue weighted by atomic mass is 19.4. The zero-order valence-corrected chi connectivity index (χ0v) is 16.1. The average molecular weight is 395 g/mol. The highest BCUT2D eigenvalue weighted by Crippen LogP contribution is 2.34. The number of hydrogen-bond donors (Lipinski definition) is 0. The molecule has 0 aromatic carbocycles. The van der Waals surface area contributed by atoms with Crippen molar-refractivity contribution in [2.45, 2.75) is 45.1 Å². The van der Waals surface area contributed by atoms with Crippen LogP contribution in [-0.2, 0) is 10.3 Å². The van der Waals surface area contributed by atoms with Crippen LogP contribution in [0.3, 0.4) is 0 Å². The van der Waals surface area contributed by atoms with Crippen LogP contribution in [0.2, 0.25) is 0 Å². The van der Waals surface area contributed by atoms with Crippen LogP contribution in [0.5, 0.6) is 5.88 Å². The molecule has 0 spiro atoms. The molecule has 0 radical (unpaired) electrons. The van der Waals surface area contributed by atoms with Gasteiger partial charge in [0.2, 0.25) is 5.88 Å². The Morgan fingerprint density at radius 2 is 1.68 bits per heavy atom. The lowest BCUT2D eigenvalue weighted by atomic mass is 10.1. The number of pyridine rings is 1. The Morgan fingerprint density at radius 1 is 0.964 bits per heavy atom. The molecule has 0 fully saturated rings. The zero-order valence-electron chi connectivity index (χ0n) is 16.1. The summed E-state index contributed by atoms with van der Waals surface area (Å²) in [6.07, 6.45) is 0.164. The third kappa shape index (κ3) is 3.64. The fraction of sp³-hybridized carbons (Fsp3) is 0.444. The number of hydrogen-bond acceptors (Lipinski definition) is 6. The van der Waals surface area contributed by atoms with Crippen LogP contribution in [0.25, 0.3) is 16.9 Å². The summed E-state index contributed by atoms with van der Waals surface area (Å²) in [7, 11) is 1.58. The van der Waals surface area contributed by atoms with Crippen molar-refractivity contribution in [1.29, 1.82) is 0 Å². The van der Waals surface area contributed by atoms with Crippen molar-refractivity contribution in [3.63, 3.8) is 0 Å². The van der Waals surface area contributed by atoms with Gasteiger partial charge in [0.05, 0.1) is 11.9 Å². The van der Waals surface area contributed by atoms with Crippen molar-refractivity contribution in [2.24, 2.45) is 0 Å². The summed E-state index contributed by atoms with van der Waals surface area (Å²) in [5.74, 6) is 0.464. The number of aromatic nitrogens is 5. The van der Waals surface area contributed by atoms with Crippen LogP contribution in [0.15, 0.2) is 30.7 Å². The molecular formula is C18H20F3N5O2. The number of methoxy groups -OCH3 is 1. The molecule has 3 aromatic rings. The standard InChI is InChI=1S/C18H20F3N5O2/c1-16(2,27-5)15-25-24-13-9-22-12(10-26(13)15)11-6-7-14(23-8-11)28-17(3,4)18(19,20)21/h6-10H,1-5H3. The number of ether oxygens (including phenoxy) is 2. The molecule has 0 N–H and O–H groups in total. The third-order valence-electron chi connectivity index (χ3n) is 4.42. The SMILES string of the molecule is COC(C)(C)c1nnc2cnc(-c3ccc(OC(C)(C)C(F)(F)F)nc3)cn12. The van der Waals surface area contributed by atoms with E-state index in [1.807, 2.05) is 13.8 Å². The van der Waals surface area contributed by atoms with Gasteiger partial charge in [0, 0.05) is 31.1 Å². The van der Waals surface area contributed by atoms with Gasteiger partial charge in [0.15, 0.2) is 17.1 Å². The third-order valence-corrected chi connectivity index (χ3v) is 4.42. The predicted molar refractivity (Wildman–Crippen MR) is 94.8 cm³/mol. The second-order valence-electron chi connectivity index (χ2n) is 7.23. The molecule has 10 heteroatoms. The van der Waals surface area contributed by atoms with Gasteiger partial charge in [0.25, 0.3) is 0 Å². The second kappa shape index (κ2) is 6.69. The van der Waals surface area contributed by atoms with Crippen molar-refractivity contribution in [1.82, 2.24) is 24.6 Å². The summed E-state index contributed by atoms with van der Waals surface area (Å²) in [6.45, 7) is 5.62. The van der Waals surface area contributed by atoms with Gasteiger partial charge in [-0.25, -0.2) is 4.98 Å². The molecule has 0 aliphatic heterocycles. The molecule has 28 heavy (non-hydrogen) atoms. The Kier molecular flexibility index (Phi) is 4.78. The van der Waals surface area contributed by atoms with E-state index in [9.17, 15) is 13.2 Å². The first-order chi connectivity index (χ1) is 12.9. The largest absolute Gasteiger partial charge is 0.462 e. The van der Waals surface area contributed by atoms with E-state index in [0.717, 1.165) is 13.8 Å². The smallest absolute Gasteiger partial charge is 0.427 e. The van der Waals surface area contributed by atoms with Gasteiger partial charge >= 0.3 is 6.18 Å². The molecular weight excluding hydrogens is 375 g/mol. The first-order valence-corrected chi connectivity index (χ1v) is 8.43. The van der Waals surface area contributed by atoms with Gasteiger partial charge in [-0.15, -0.1) is 10.2 Å². The molecule has 0 saturated heterocycles. The number of halogens is 3. The van der Waals surface area contributed by atoms with E-state index in [4.69, 9.17) is 9.47 Å². The average Bonchev–Trinajstić information content (AvgIpc) is 3.05. The Balaban J connectivity index is 1.92. The van der Waals surface area contributed by atoms with E-state index in [0.29, 0.717) is 22.7 Å². The lowest BCUT2D eigenvalue weighted by Gasteiger charge is -2.28. The molecule has 3 rings (SSSR count). The van der Waals surface area contributed by atoms with Crippen molar-refractivity contribution < 1.29 is 22.6 Å². The fourth-order valence-corrected chi connectivity index (χ4v) is 2.36. The maximum absolute atomic E-state index is 13.0. The summed E-state index contributed by atoms with van der Waals surface area (Å²) in [5, 5.41) is 8.23. The number of alkyl halides is 3. The van der Waals surface area contributed by atoms with E-state index in [2.05, 4.69) is 20.2 Å². The van der Waals surface area contributed by atoms with E-state index in [-0.39, 0.29) is 5.88 Å². The Morgan fingerprint density at radius 3 is 2.25 bits per heavy atom. The molecule has 0 atom stereocenters. The monoisotopic (exact) mass is 395 g/mol. The molecule has 0 aliphatic rings. The van der Waals surface area contributed by atoms with E-state index >= 15 is 0 Å². The van der Waals surface area contributed by atoms with Crippen LogP contribution in [0, 0.1) is 0 Å². The lowest BCUT2D eigenvalue weighted by Crippen LogP contribution is -2.44. The van der Waals surface area contributed by atoms with E-state index in [1.54, 1.807) is 30.0 Å². The maximum atomic E-state index is 13.0. The first-order valence-electron chi connectivity index (χ1n) is 8.43. The van der Waals surface area contributed by atoms with Gasteiger partial charge in [-0.05, 0) is 33.8 Å². The first kappa shape index (κ1) is 20.0. The van der Waals surface area contributed by atoms with Gasteiger partial charge in [-0.1, -0.05) is 0 Å². The Hall–Kier alpha value is -2.75. The topological polar surface area (TPSA) is 74.4 Å². The van der Waals surface area contributed by atoms with Crippen LogP contribution in [0.4, 0.5) is 13.2 Å². The molecule has 0 saturated carbocycles. The minimum Gasteiger partial charge on any atom is -0.462 e. The number of rotatable bonds is 5. The van der Waals surface area contributed by atoms with Crippen molar-refractivity contribution in [3.05, 3.63) is 36.5 Å². The van der Waals surface area contributed by atoms with Crippen LogP contribution in [0.1, 0.15) is 33.5 Å². The van der Waals surface area contributed by atoms with E-state index < -0.39 is 17.4 Å². The Bertz CT molecular complexity index is 981. The molecule has 3 aromatic heterocycles. The minimum atomic E-state index is -4.51. The summed E-state index contributed by atoms with van der Waals surface area (Å²) in [5.41, 5.74) is -1.31. The molecule has 0 bridgehead atoms. The summed E-state index contributed by atoms with van der Waals surface area (Å²) >= 11 is 0. The molecule has 0 aliphatic carbocycles. The van der Waals surface area contributed by atoms with Crippen LogP contribution in [-0.4, -0.2) is 43.5 Å². The summed E-state index contributed by atoms with van der Waals surface area (Å²) < 4.78 is 51.1. The highest BCUT2D eigenvalue weighted by molar-refractivity contribution is 5.59. The van der Waals surface area contributed by atoms with Crippen LogP contribution < -0.4 is 4.74 Å². The molecule has 150 valence electrons. The lowest BCUT2D eigenvalue weighted by molar-refractivity contribution is -0.235. The van der Waals surface area contributed by atoms with Gasteiger partial charge < -0.3 is 9.47 Å². The normalized spacial score (nSPS) is 13.1. The predicted octanol–water partition coefficient (Wildman–Crippen LogP) is 3.79. The summed E-state index contributed by atoms with van der Waals surface area (Å²) in [6, 6.07) is 2.97. The van der Waals surface area contributed by atoms with Crippen molar-refractivity contribution in [3.8, 4) is 17.1 Å². The fourth-order valence-electron chi connectivity index (χ4n) is 2.36. The summed E-state index contributed by atoms with van der Waals surface area (Å²) in [4.78, 5) is 8.30. The number of fused-ring (bicyclic) bond motifs is 1. The second-order valence-corrected chi connectivity index (χ2v) is 7.23. The van der Waals surface area contributed by atoms with Gasteiger partial charge in [-0.3, -0.25) is 9.38 Å². The van der Waals surface area contributed by atoms with Crippen molar-refractivity contribution >= 4 is 5.65 Å². The van der Waals surface area contributed by atoms with Gasteiger partial charge in [-0.2, -0.15) is 13.2 Å².